The molecular weight excluding hydrogens is 274 g/mol. The molecule has 1 unspecified atom stereocenters. The number of hydrogen-bond acceptors (Lipinski definition) is 5. The standard InChI is InChI=1S/C15H19NO5/c1-3-20-14(18)11(2)13(17)9-16-15(19)21-10-12-7-5-4-6-8-12/h4-8,11H,3,9-10H2,1-2H3,(H,16,19). The van der Waals surface area contributed by atoms with E-state index in [0.29, 0.717) is 0 Å². The van der Waals surface area contributed by atoms with Crippen LogP contribution in [0.5, 0.6) is 0 Å². The summed E-state index contributed by atoms with van der Waals surface area (Å²) in [6.07, 6.45) is -0.705. The molecule has 0 radical (unpaired) electrons. The summed E-state index contributed by atoms with van der Waals surface area (Å²) >= 11 is 0. The van der Waals surface area contributed by atoms with Crippen LogP contribution in [0.4, 0.5) is 4.79 Å². The number of hydrogen-bond donors (Lipinski definition) is 1. The van der Waals surface area contributed by atoms with Crippen molar-refractivity contribution in [3.05, 3.63) is 35.9 Å². The van der Waals surface area contributed by atoms with Crippen molar-refractivity contribution in [3.63, 3.8) is 0 Å². The number of rotatable bonds is 7. The first-order valence-corrected chi connectivity index (χ1v) is 6.68. The molecule has 6 heteroatoms. The van der Waals surface area contributed by atoms with E-state index in [1.54, 1.807) is 6.92 Å². The maximum Gasteiger partial charge on any atom is 0.407 e. The van der Waals surface area contributed by atoms with E-state index < -0.39 is 23.8 Å². The summed E-state index contributed by atoms with van der Waals surface area (Å²) in [5.74, 6) is -1.92. The van der Waals surface area contributed by atoms with Crippen LogP contribution in [0.2, 0.25) is 0 Å². The highest BCUT2D eigenvalue weighted by atomic mass is 16.5. The number of Topliss-reactive ketones (excluding diaryl/α,β-unsaturated/α-hetero) is 1. The summed E-state index contributed by atoms with van der Waals surface area (Å²) in [5.41, 5.74) is 0.846. The SMILES string of the molecule is CCOC(=O)C(C)C(=O)CNC(=O)OCc1ccccc1. The molecule has 0 aliphatic heterocycles. The van der Waals surface area contributed by atoms with Gasteiger partial charge >= 0.3 is 12.1 Å². The van der Waals surface area contributed by atoms with Crippen LogP contribution in [0.15, 0.2) is 30.3 Å². The van der Waals surface area contributed by atoms with Crippen LogP contribution >= 0.6 is 0 Å². The predicted octanol–water partition coefficient (Wildman–Crippen LogP) is 1.68. The van der Waals surface area contributed by atoms with Gasteiger partial charge in [0.2, 0.25) is 0 Å². The number of ether oxygens (including phenoxy) is 2. The van der Waals surface area contributed by atoms with Crippen LogP contribution in [0.25, 0.3) is 0 Å². The molecule has 114 valence electrons. The van der Waals surface area contributed by atoms with E-state index in [-0.39, 0.29) is 19.8 Å². The van der Waals surface area contributed by atoms with Crippen molar-refractivity contribution < 1.29 is 23.9 Å². The third kappa shape index (κ3) is 6.07. The van der Waals surface area contributed by atoms with Gasteiger partial charge in [-0.2, -0.15) is 0 Å². The largest absolute Gasteiger partial charge is 0.465 e. The second-order valence-corrected chi connectivity index (χ2v) is 4.36. The Hall–Kier alpha value is -2.37. The molecule has 0 saturated heterocycles. The molecular formula is C15H19NO5. The molecule has 0 spiro atoms. The maximum atomic E-state index is 11.7. The van der Waals surface area contributed by atoms with Crippen LogP contribution in [0.1, 0.15) is 19.4 Å². The third-order valence-electron chi connectivity index (χ3n) is 2.74. The van der Waals surface area contributed by atoms with Crippen LogP contribution in [0.3, 0.4) is 0 Å². The van der Waals surface area contributed by atoms with Crippen molar-refractivity contribution in [2.45, 2.75) is 20.5 Å². The lowest BCUT2D eigenvalue weighted by Crippen LogP contribution is -2.35. The van der Waals surface area contributed by atoms with Gasteiger partial charge in [0.1, 0.15) is 12.5 Å². The molecule has 1 aromatic carbocycles. The first kappa shape index (κ1) is 16.7. The average molecular weight is 293 g/mol. The van der Waals surface area contributed by atoms with Gasteiger partial charge in [0.05, 0.1) is 13.2 Å². The second-order valence-electron chi connectivity index (χ2n) is 4.36. The number of alkyl carbamates (subject to hydrolysis) is 1. The maximum absolute atomic E-state index is 11.7. The van der Waals surface area contributed by atoms with Crippen LogP contribution < -0.4 is 5.32 Å². The Balaban J connectivity index is 2.29. The van der Waals surface area contributed by atoms with E-state index in [0.717, 1.165) is 5.56 Å². The summed E-state index contributed by atoms with van der Waals surface area (Å²) in [5, 5.41) is 2.31. The van der Waals surface area contributed by atoms with Crippen LogP contribution in [-0.2, 0) is 25.7 Å². The Bertz CT molecular complexity index is 486. The van der Waals surface area contributed by atoms with Crippen LogP contribution in [0, 0.1) is 5.92 Å². The van der Waals surface area contributed by atoms with Crippen LogP contribution in [-0.4, -0.2) is 31.0 Å². The molecule has 21 heavy (non-hydrogen) atoms. The summed E-state index contributed by atoms with van der Waals surface area (Å²) in [4.78, 5) is 34.5. The molecule has 1 amide bonds. The van der Waals surface area contributed by atoms with Crippen molar-refractivity contribution in [3.8, 4) is 0 Å². The number of benzene rings is 1. The fraction of sp³-hybridized carbons (Fsp3) is 0.400. The monoisotopic (exact) mass is 293 g/mol. The number of carbonyl (C=O) groups excluding carboxylic acids is 3. The first-order chi connectivity index (χ1) is 10.0. The lowest BCUT2D eigenvalue weighted by atomic mass is 10.1. The van der Waals surface area contributed by atoms with E-state index in [9.17, 15) is 14.4 Å². The molecule has 0 bridgehead atoms. The highest BCUT2D eigenvalue weighted by molar-refractivity contribution is 6.00. The van der Waals surface area contributed by atoms with Gasteiger partial charge in [-0.15, -0.1) is 0 Å². The predicted molar refractivity (Wildman–Crippen MR) is 75.4 cm³/mol. The lowest BCUT2D eigenvalue weighted by Gasteiger charge is -2.10. The van der Waals surface area contributed by atoms with Gasteiger partial charge in [0.15, 0.2) is 5.78 Å². The Kier molecular flexibility index (Phi) is 6.94. The van der Waals surface area contributed by atoms with E-state index in [1.807, 2.05) is 30.3 Å². The Labute approximate surface area is 123 Å². The lowest BCUT2D eigenvalue weighted by molar-refractivity contribution is -0.150. The summed E-state index contributed by atoms with van der Waals surface area (Å²) in [6, 6.07) is 9.17. The highest BCUT2D eigenvalue weighted by Crippen LogP contribution is 2.02. The molecule has 0 aliphatic rings. The molecule has 1 atom stereocenters. The van der Waals surface area contributed by atoms with E-state index in [2.05, 4.69) is 5.32 Å². The zero-order valence-electron chi connectivity index (χ0n) is 12.1. The van der Waals surface area contributed by atoms with Gasteiger partial charge < -0.3 is 14.8 Å². The summed E-state index contributed by atoms with van der Waals surface area (Å²) < 4.78 is 9.68. The number of amides is 1. The molecule has 0 heterocycles. The summed E-state index contributed by atoms with van der Waals surface area (Å²) in [6.45, 7) is 3.16. The quantitative estimate of drug-likeness (QED) is 0.611. The second kappa shape index (κ2) is 8.73. The molecule has 6 nitrogen and oxygen atoms in total. The Morgan fingerprint density at radius 1 is 1.14 bits per heavy atom. The zero-order valence-corrected chi connectivity index (χ0v) is 12.1. The molecule has 0 saturated carbocycles. The Morgan fingerprint density at radius 3 is 2.43 bits per heavy atom. The van der Waals surface area contributed by atoms with Gasteiger partial charge in [-0.3, -0.25) is 9.59 Å². The smallest absolute Gasteiger partial charge is 0.407 e. The minimum Gasteiger partial charge on any atom is -0.465 e. The van der Waals surface area contributed by atoms with Crippen molar-refractivity contribution in [1.29, 1.82) is 0 Å². The van der Waals surface area contributed by atoms with Crippen molar-refractivity contribution >= 4 is 17.8 Å². The van der Waals surface area contributed by atoms with Crippen molar-refractivity contribution in [1.82, 2.24) is 5.32 Å². The third-order valence-corrected chi connectivity index (χ3v) is 2.74. The topological polar surface area (TPSA) is 81.7 Å². The molecule has 1 N–H and O–H groups in total. The summed E-state index contributed by atoms with van der Waals surface area (Å²) in [7, 11) is 0. The van der Waals surface area contributed by atoms with Gasteiger partial charge in [0, 0.05) is 0 Å². The normalized spacial score (nSPS) is 11.3. The zero-order chi connectivity index (χ0) is 15.7. The number of carbonyl (C=O) groups is 3. The number of esters is 1. The number of ketones is 1. The molecule has 0 fully saturated rings. The molecule has 1 aromatic rings. The molecule has 0 aromatic heterocycles. The fourth-order valence-corrected chi connectivity index (χ4v) is 1.49. The van der Waals surface area contributed by atoms with Crippen molar-refractivity contribution in [2.24, 2.45) is 5.92 Å². The van der Waals surface area contributed by atoms with Gasteiger partial charge in [-0.1, -0.05) is 30.3 Å². The van der Waals surface area contributed by atoms with E-state index >= 15 is 0 Å². The fourth-order valence-electron chi connectivity index (χ4n) is 1.49. The molecule has 0 aliphatic carbocycles. The minimum atomic E-state index is -0.903. The minimum absolute atomic E-state index is 0.119. The van der Waals surface area contributed by atoms with E-state index in [1.165, 1.54) is 6.92 Å². The van der Waals surface area contributed by atoms with E-state index in [4.69, 9.17) is 9.47 Å². The Morgan fingerprint density at radius 2 is 1.81 bits per heavy atom. The average Bonchev–Trinajstić information content (AvgIpc) is 2.51. The van der Waals surface area contributed by atoms with Crippen molar-refractivity contribution in [2.75, 3.05) is 13.2 Å². The first-order valence-electron chi connectivity index (χ1n) is 6.68. The number of nitrogens with one attached hydrogen (secondary N) is 1. The molecule has 1 rings (SSSR count). The highest BCUT2D eigenvalue weighted by Gasteiger charge is 2.22. The van der Waals surface area contributed by atoms with Gasteiger partial charge in [-0.25, -0.2) is 4.79 Å². The van der Waals surface area contributed by atoms with Gasteiger partial charge in [-0.05, 0) is 19.4 Å². The van der Waals surface area contributed by atoms with Gasteiger partial charge in [0.25, 0.3) is 0 Å².